The molecule has 0 amide bonds. The first-order valence-corrected chi connectivity index (χ1v) is 9.00. The van der Waals surface area contributed by atoms with Gasteiger partial charge in [0.25, 0.3) is 5.56 Å². The molecule has 0 aliphatic rings. The third-order valence-corrected chi connectivity index (χ3v) is 4.68. The highest BCUT2D eigenvalue weighted by atomic mass is 16.5. The van der Waals surface area contributed by atoms with E-state index in [9.17, 15) is 4.79 Å². The third-order valence-electron chi connectivity index (χ3n) is 4.68. The molecule has 6 nitrogen and oxygen atoms in total. The molecule has 6 heteroatoms. The number of fused-ring (bicyclic) bond motifs is 1. The zero-order valence-electron chi connectivity index (χ0n) is 15.7. The number of hydrogen-bond acceptors (Lipinski definition) is 5. The van der Waals surface area contributed by atoms with E-state index >= 15 is 0 Å². The van der Waals surface area contributed by atoms with Gasteiger partial charge in [0, 0.05) is 23.3 Å². The van der Waals surface area contributed by atoms with E-state index in [0.29, 0.717) is 11.6 Å². The van der Waals surface area contributed by atoms with Gasteiger partial charge in [0.2, 0.25) is 5.95 Å². The van der Waals surface area contributed by atoms with Gasteiger partial charge in [-0.2, -0.15) is 4.98 Å². The molecule has 2 aromatic heterocycles. The second-order valence-corrected chi connectivity index (χ2v) is 6.45. The van der Waals surface area contributed by atoms with Crippen LogP contribution in [-0.2, 0) is 0 Å². The van der Waals surface area contributed by atoms with Crippen molar-refractivity contribution in [2.75, 3.05) is 12.4 Å². The fourth-order valence-electron chi connectivity index (χ4n) is 3.16. The summed E-state index contributed by atoms with van der Waals surface area (Å²) in [6.45, 7) is 1.98. The Morgan fingerprint density at radius 2 is 1.75 bits per heavy atom. The molecule has 0 spiro atoms. The van der Waals surface area contributed by atoms with Gasteiger partial charge in [0.15, 0.2) is 0 Å². The molecular formula is C22H20N4O2. The molecule has 28 heavy (non-hydrogen) atoms. The molecule has 0 radical (unpaired) electrons. The molecular weight excluding hydrogens is 352 g/mol. The fourth-order valence-corrected chi connectivity index (χ4v) is 3.16. The minimum Gasteiger partial charge on any atom is -0.497 e. The van der Waals surface area contributed by atoms with Crippen LogP contribution in [0.3, 0.4) is 0 Å². The van der Waals surface area contributed by atoms with Gasteiger partial charge >= 0.3 is 0 Å². The first-order valence-electron chi connectivity index (χ1n) is 9.00. The van der Waals surface area contributed by atoms with Gasteiger partial charge in [-0.1, -0.05) is 30.3 Å². The van der Waals surface area contributed by atoms with Crippen molar-refractivity contribution in [3.8, 4) is 5.75 Å². The lowest BCUT2D eigenvalue weighted by atomic mass is 10.1. The first kappa shape index (κ1) is 17.7. The summed E-state index contributed by atoms with van der Waals surface area (Å²) in [5.41, 5.74) is 2.35. The summed E-state index contributed by atoms with van der Waals surface area (Å²) in [5.74, 6) is 1.22. The highest BCUT2D eigenvalue weighted by Gasteiger charge is 2.15. The van der Waals surface area contributed by atoms with Crippen LogP contribution in [0.1, 0.15) is 18.5 Å². The van der Waals surface area contributed by atoms with Crippen molar-refractivity contribution >= 4 is 22.7 Å². The van der Waals surface area contributed by atoms with E-state index in [1.54, 1.807) is 30.0 Å². The Morgan fingerprint density at radius 3 is 2.46 bits per heavy atom. The molecule has 2 aromatic carbocycles. The van der Waals surface area contributed by atoms with Crippen LogP contribution in [0.25, 0.3) is 11.0 Å². The Labute approximate surface area is 162 Å². The van der Waals surface area contributed by atoms with Crippen molar-refractivity contribution in [1.29, 1.82) is 0 Å². The molecule has 2 heterocycles. The van der Waals surface area contributed by atoms with E-state index in [1.165, 1.54) is 0 Å². The Hall–Kier alpha value is -3.67. The van der Waals surface area contributed by atoms with Crippen LogP contribution in [0.4, 0.5) is 11.6 Å². The Balaban J connectivity index is 1.78. The summed E-state index contributed by atoms with van der Waals surface area (Å²) < 4.78 is 6.91. The molecule has 1 atom stereocenters. The SMILES string of the molecule is COc1ccc(C(C)n2c(=O)ccc3cnc(Nc4ccccc4)nc32)cc1. The number of hydrogen-bond donors (Lipinski definition) is 1. The minimum absolute atomic E-state index is 0.111. The van der Waals surface area contributed by atoms with Crippen molar-refractivity contribution in [1.82, 2.24) is 14.5 Å². The maximum absolute atomic E-state index is 12.7. The molecule has 0 aliphatic carbocycles. The molecule has 0 fully saturated rings. The van der Waals surface area contributed by atoms with Gasteiger partial charge in [0.05, 0.1) is 13.2 Å². The number of nitrogens with one attached hydrogen (secondary N) is 1. The van der Waals surface area contributed by atoms with Gasteiger partial charge in [0.1, 0.15) is 11.4 Å². The molecule has 0 bridgehead atoms. The van der Waals surface area contributed by atoms with E-state index in [2.05, 4.69) is 15.3 Å². The highest BCUT2D eigenvalue weighted by Crippen LogP contribution is 2.23. The van der Waals surface area contributed by atoms with E-state index in [1.807, 2.05) is 61.5 Å². The lowest BCUT2D eigenvalue weighted by molar-refractivity contribution is 0.414. The number of aromatic nitrogens is 3. The molecule has 0 saturated carbocycles. The largest absolute Gasteiger partial charge is 0.497 e. The Bertz CT molecular complexity index is 1150. The fraction of sp³-hybridized carbons (Fsp3) is 0.136. The van der Waals surface area contributed by atoms with E-state index in [-0.39, 0.29) is 11.6 Å². The van der Waals surface area contributed by atoms with Gasteiger partial charge in [-0.25, -0.2) is 4.98 Å². The van der Waals surface area contributed by atoms with Crippen LogP contribution in [0, 0.1) is 0 Å². The van der Waals surface area contributed by atoms with Crippen molar-refractivity contribution in [3.63, 3.8) is 0 Å². The summed E-state index contributed by atoms with van der Waals surface area (Å²) >= 11 is 0. The van der Waals surface area contributed by atoms with Crippen molar-refractivity contribution in [3.05, 3.63) is 88.8 Å². The third kappa shape index (κ3) is 3.44. The highest BCUT2D eigenvalue weighted by molar-refractivity contribution is 5.76. The number of nitrogens with zero attached hydrogens (tertiary/aromatic N) is 3. The summed E-state index contributed by atoms with van der Waals surface area (Å²) in [4.78, 5) is 21.7. The molecule has 4 aromatic rings. The van der Waals surface area contributed by atoms with Crippen LogP contribution < -0.4 is 15.6 Å². The zero-order chi connectivity index (χ0) is 19.5. The number of pyridine rings is 1. The van der Waals surface area contributed by atoms with Crippen LogP contribution in [0.2, 0.25) is 0 Å². The molecule has 0 saturated heterocycles. The topological polar surface area (TPSA) is 69.0 Å². The maximum atomic E-state index is 12.7. The number of methoxy groups -OCH3 is 1. The van der Waals surface area contributed by atoms with Crippen molar-refractivity contribution in [2.24, 2.45) is 0 Å². The number of ether oxygens (including phenoxy) is 1. The van der Waals surface area contributed by atoms with E-state index in [0.717, 1.165) is 22.4 Å². The first-order chi connectivity index (χ1) is 13.7. The second-order valence-electron chi connectivity index (χ2n) is 6.45. The monoisotopic (exact) mass is 372 g/mol. The number of anilines is 2. The van der Waals surface area contributed by atoms with Crippen LogP contribution in [0.15, 0.2) is 77.7 Å². The summed E-state index contributed by atoms with van der Waals surface area (Å²) in [7, 11) is 1.63. The smallest absolute Gasteiger partial charge is 0.252 e. The summed E-state index contributed by atoms with van der Waals surface area (Å²) in [6, 6.07) is 20.5. The van der Waals surface area contributed by atoms with Crippen molar-refractivity contribution in [2.45, 2.75) is 13.0 Å². The molecule has 140 valence electrons. The predicted molar refractivity (Wildman–Crippen MR) is 110 cm³/mol. The zero-order valence-corrected chi connectivity index (χ0v) is 15.7. The maximum Gasteiger partial charge on any atom is 0.252 e. The van der Waals surface area contributed by atoms with E-state index < -0.39 is 0 Å². The Morgan fingerprint density at radius 1 is 1.00 bits per heavy atom. The van der Waals surface area contributed by atoms with Gasteiger partial charge in [-0.3, -0.25) is 9.36 Å². The number of rotatable bonds is 5. The van der Waals surface area contributed by atoms with Crippen molar-refractivity contribution < 1.29 is 4.74 Å². The number of benzene rings is 2. The lowest BCUT2D eigenvalue weighted by Crippen LogP contribution is -2.24. The summed E-state index contributed by atoms with van der Waals surface area (Å²) in [6.07, 6.45) is 1.73. The molecule has 1 unspecified atom stereocenters. The van der Waals surface area contributed by atoms with Crippen LogP contribution >= 0.6 is 0 Å². The average Bonchev–Trinajstić information content (AvgIpc) is 2.74. The van der Waals surface area contributed by atoms with Gasteiger partial charge < -0.3 is 10.1 Å². The van der Waals surface area contributed by atoms with Gasteiger partial charge in [-0.05, 0) is 42.8 Å². The van der Waals surface area contributed by atoms with E-state index in [4.69, 9.17) is 4.74 Å². The van der Waals surface area contributed by atoms with Gasteiger partial charge in [-0.15, -0.1) is 0 Å². The minimum atomic E-state index is -0.193. The molecule has 1 N–H and O–H groups in total. The predicted octanol–water partition coefficient (Wildman–Crippen LogP) is 4.15. The summed E-state index contributed by atoms with van der Waals surface area (Å²) in [5, 5.41) is 3.99. The molecule has 4 rings (SSSR count). The Kier molecular flexibility index (Phi) is 4.76. The lowest BCUT2D eigenvalue weighted by Gasteiger charge is -2.18. The number of para-hydroxylation sites is 1. The standard InChI is InChI=1S/C22H20N4O2/c1-15(16-8-11-19(28-2)12-9-16)26-20(27)13-10-17-14-23-22(25-21(17)26)24-18-6-4-3-5-7-18/h3-15H,1-2H3,(H,23,24,25). The second kappa shape index (κ2) is 7.52. The van der Waals surface area contributed by atoms with Crippen LogP contribution in [0.5, 0.6) is 5.75 Å². The van der Waals surface area contributed by atoms with Crippen LogP contribution in [-0.4, -0.2) is 21.6 Å². The normalized spacial score (nSPS) is 11.9. The average molecular weight is 372 g/mol. The molecule has 0 aliphatic heterocycles. The quantitative estimate of drug-likeness (QED) is 0.570.